The Labute approximate surface area is 184 Å². The smallest absolute Gasteiger partial charge is 0.126 e. The predicted octanol–water partition coefficient (Wildman–Crippen LogP) is 8.78. The first-order valence-electron chi connectivity index (χ1n) is 13.1. The summed E-state index contributed by atoms with van der Waals surface area (Å²) in [7, 11) is 0. The first-order valence-corrected chi connectivity index (χ1v) is 13.1. The van der Waals surface area contributed by atoms with Gasteiger partial charge in [-0.05, 0) is 117 Å². The van der Waals surface area contributed by atoms with Gasteiger partial charge in [0.2, 0.25) is 0 Å². The van der Waals surface area contributed by atoms with Gasteiger partial charge in [0.15, 0.2) is 0 Å². The summed E-state index contributed by atoms with van der Waals surface area (Å²) in [4.78, 5) is 0. The summed E-state index contributed by atoms with van der Waals surface area (Å²) in [5, 5.41) is 0. The van der Waals surface area contributed by atoms with Crippen LogP contribution in [-0.2, 0) is 12.8 Å². The van der Waals surface area contributed by atoms with E-state index in [1.807, 2.05) is 6.07 Å². The van der Waals surface area contributed by atoms with Crippen molar-refractivity contribution in [3.8, 4) is 0 Å². The molecule has 4 rings (SSSR count). The molecule has 3 aliphatic carbocycles. The molecule has 5 unspecified atom stereocenters. The van der Waals surface area contributed by atoms with Crippen molar-refractivity contribution in [3.63, 3.8) is 0 Å². The molecular weight excluding hydrogens is 367 g/mol. The quantitative estimate of drug-likeness (QED) is 0.297. The first kappa shape index (κ1) is 22.1. The molecule has 166 valence electrons. The minimum absolute atomic E-state index is 0.109. The van der Waals surface area contributed by atoms with E-state index < -0.39 is 0 Å². The molecule has 1 heteroatoms. The van der Waals surface area contributed by atoms with Crippen LogP contribution in [0.3, 0.4) is 0 Å². The monoisotopic (exact) mass is 410 g/mol. The van der Waals surface area contributed by atoms with Crippen LogP contribution in [0.15, 0.2) is 24.8 Å². The second kappa shape index (κ2) is 10.5. The number of halogens is 1. The molecule has 0 saturated heterocycles. The van der Waals surface area contributed by atoms with E-state index in [0.717, 1.165) is 36.2 Å². The Morgan fingerprint density at radius 3 is 2.63 bits per heavy atom. The van der Waals surface area contributed by atoms with Crippen LogP contribution in [0.2, 0.25) is 0 Å². The molecule has 1 aromatic rings. The molecule has 0 amide bonds. The number of benzene rings is 1. The van der Waals surface area contributed by atoms with E-state index in [2.05, 4.69) is 25.6 Å². The Kier molecular flexibility index (Phi) is 7.71. The summed E-state index contributed by atoms with van der Waals surface area (Å²) in [6.07, 6.45) is 21.3. The molecule has 0 aliphatic heterocycles. The van der Waals surface area contributed by atoms with E-state index in [1.54, 1.807) is 0 Å². The number of allylic oxidation sites excluding steroid dienone is 1. The largest absolute Gasteiger partial charge is 0.207 e. The number of hydrogen-bond donors (Lipinski definition) is 0. The van der Waals surface area contributed by atoms with Crippen molar-refractivity contribution in [2.45, 2.75) is 109 Å². The highest BCUT2D eigenvalue weighted by molar-refractivity contribution is 5.37. The zero-order chi connectivity index (χ0) is 20.9. The van der Waals surface area contributed by atoms with Gasteiger partial charge >= 0.3 is 0 Å². The average Bonchev–Trinajstić information content (AvgIpc) is 2.77. The fourth-order valence-corrected chi connectivity index (χ4v) is 6.99. The molecule has 0 radical (unpaired) electrons. The second-order valence-electron chi connectivity index (χ2n) is 10.8. The van der Waals surface area contributed by atoms with Crippen LogP contribution in [0, 0.1) is 29.5 Å². The third-order valence-corrected chi connectivity index (χ3v) is 8.81. The lowest BCUT2D eigenvalue weighted by atomic mass is 9.63. The molecule has 30 heavy (non-hydrogen) atoms. The lowest BCUT2D eigenvalue weighted by molar-refractivity contribution is 0.115. The zero-order valence-electron chi connectivity index (χ0n) is 19.3. The van der Waals surface area contributed by atoms with Crippen LogP contribution < -0.4 is 0 Å². The lowest BCUT2D eigenvalue weighted by Crippen LogP contribution is -2.30. The van der Waals surface area contributed by atoms with Gasteiger partial charge in [0.05, 0.1) is 0 Å². The maximum atomic E-state index is 15.1. The minimum atomic E-state index is 0.109. The first-order chi connectivity index (χ1) is 14.7. The average molecular weight is 411 g/mol. The highest BCUT2D eigenvalue weighted by Gasteiger charge is 2.36. The van der Waals surface area contributed by atoms with E-state index in [-0.39, 0.29) is 5.82 Å². The van der Waals surface area contributed by atoms with Crippen molar-refractivity contribution in [1.29, 1.82) is 0 Å². The van der Waals surface area contributed by atoms with Gasteiger partial charge in [-0.25, -0.2) is 4.39 Å². The third kappa shape index (κ3) is 5.20. The Hall–Kier alpha value is -1.11. The topological polar surface area (TPSA) is 0 Å². The van der Waals surface area contributed by atoms with Crippen molar-refractivity contribution in [1.82, 2.24) is 0 Å². The molecule has 2 fully saturated rings. The van der Waals surface area contributed by atoms with Crippen LogP contribution in [0.4, 0.5) is 4.39 Å². The highest BCUT2D eigenvalue weighted by Crippen LogP contribution is 2.49. The van der Waals surface area contributed by atoms with Crippen molar-refractivity contribution in [2.24, 2.45) is 23.7 Å². The standard InChI is InChI=1S/C29H43F/c1-3-5-7-9-22-11-13-26-19-27(20-29(30)28(26)17-22)25-15-14-23-16-21(8-6-4-2)10-12-24(23)18-25/h4,19-25H,2-3,5-18H2,1H3. The maximum absolute atomic E-state index is 15.1. The van der Waals surface area contributed by atoms with Gasteiger partial charge < -0.3 is 0 Å². The molecule has 0 heterocycles. The maximum Gasteiger partial charge on any atom is 0.126 e. The zero-order valence-corrected chi connectivity index (χ0v) is 19.3. The molecule has 5 atom stereocenters. The highest BCUT2D eigenvalue weighted by atomic mass is 19.1. The van der Waals surface area contributed by atoms with Crippen LogP contribution in [0.5, 0.6) is 0 Å². The number of hydrogen-bond acceptors (Lipinski definition) is 0. The van der Waals surface area contributed by atoms with Crippen molar-refractivity contribution in [2.75, 3.05) is 0 Å². The number of aryl methyl sites for hydroxylation is 1. The SMILES string of the molecule is C=CCCC1CCC2CC(c3cc(F)c4c(c3)CCC(CCCCC)C4)CCC2C1. The normalized spacial score (nSPS) is 31.1. The summed E-state index contributed by atoms with van der Waals surface area (Å²) in [6, 6.07) is 4.36. The molecule has 0 nitrogen and oxygen atoms in total. The van der Waals surface area contributed by atoms with Gasteiger partial charge in [-0.2, -0.15) is 0 Å². The third-order valence-electron chi connectivity index (χ3n) is 8.81. The summed E-state index contributed by atoms with van der Waals surface area (Å²) >= 11 is 0. The van der Waals surface area contributed by atoms with Crippen molar-refractivity contribution in [3.05, 3.63) is 47.3 Å². The lowest BCUT2D eigenvalue weighted by Gasteiger charge is -2.42. The van der Waals surface area contributed by atoms with Crippen molar-refractivity contribution < 1.29 is 4.39 Å². The van der Waals surface area contributed by atoms with Gasteiger partial charge in [0.1, 0.15) is 5.82 Å². The number of fused-ring (bicyclic) bond motifs is 2. The van der Waals surface area contributed by atoms with Gasteiger partial charge in [0.25, 0.3) is 0 Å². The molecule has 0 bridgehead atoms. The van der Waals surface area contributed by atoms with E-state index >= 15 is 4.39 Å². The van der Waals surface area contributed by atoms with Gasteiger partial charge in [0, 0.05) is 0 Å². The predicted molar refractivity (Wildman–Crippen MR) is 126 cm³/mol. The van der Waals surface area contributed by atoms with Gasteiger partial charge in [-0.1, -0.05) is 51.2 Å². The van der Waals surface area contributed by atoms with Crippen LogP contribution in [-0.4, -0.2) is 0 Å². The Morgan fingerprint density at radius 1 is 0.967 bits per heavy atom. The second-order valence-corrected chi connectivity index (χ2v) is 10.8. The van der Waals surface area contributed by atoms with E-state index in [4.69, 9.17) is 0 Å². The van der Waals surface area contributed by atoms with Gasteiger partial charge in [-0.3, -0.25) is 0 Å². The van der Waals surface area contributed by atoms with E-state index in [9.17, 15) is 0 Å². The molecule has 0 spiro atoms. The van der Waals surface area contributed by atoms with Crippen molar-refractivity contribution >= 4 is 0 Å². The Morgan fingerprint density at radius 2 is 1.80 bits per heavy atom. The molecule has 0 N–H and O–H groups in total. The molecule has 0 aromatic heterocycles. The summed E-state index contributed by atoms with van der Waals surface area (Å²) in [5.41, 5.74) is 3.72. The Bertz CT molecular complexity index is 705. The van der Waals surface area contributed by atoms with E-state index in [1.165, 1.54) is 94.6 Å². The van der Waals surface area contributed by atoms with E-state index in [0.29, 0.717) is 11.8 Å². The minimum Gasteiger partial charge on any atom is -0.207 e. The fraction of sp³-hybridized carbons (Fsp3) is 0.724. The van der Waals surface area contributed by atoms with Crippen LogP contribution >= 0.6 is 0 Å². The van der Waals surface area contributed by atoms with Gasteiger partial charge in [-0.15, -0.1) is 6.58 Å². The molecule has 1 aromatic carbocycles. The Balaban J connectivity index is 1.37. The molecular formula is C29H43F. The fourth-order valence-electron chi connectivity index (χ4n) is 6.99. The molecule has 3 aliphatic rings. The summed E-state index contributed by atoms with van der Waals surface area (Å²) in [6.45, 7) is 6.16. The summed E-state index contributed by atoms with van der Waals surface area (Å²) < 4.78 is 15.1. The number of unbranched alkanes of at least 4 members (excludes halogenated alkanes) is 2. The number of rotatable bonds is 8. The molecule has 2 saturated carbocycles. The summed E-state index contributed by atoms with van der Waals surface area (Å²) in [5.74, 6) is 4.14. The van der Waals surface area contributed by atoms with Crippen LogP contribution in [0.1, 0.15) is 113 Å². The van der Waals surface area contributed by atoms with Crippen LogP contribution in [0.25, 0.3) is 0 Å².